The minimum absolute atomic E-state index is 0.0229. The number of imidazole rings is 1. The van der Waals surface area contributed by atoms with Gasteiger partial charge >= 0.3 is 5.69 Å². The molecule has 0 saturated carbocycles. The summed E-state index contributed by atoms with van der Waals surface area (Å²) in [5.41, 5.74) is 1.48. The highest BCUT2D eigenvalue weighted by Crippen LogP contribution is 2.24. The number of hydrogen-bond donors (Lipinski definition) is 1. The van der Waals surface area contributed by atoms with Crippen LogP contribution in [0.4, 0.5) is 0 Å². The number of hydrogen-bond acceptors (Lipinski definition) is 6. The van der Waals surface area contributed by atoms with Gasteiger partial charge in [-0.2, -0.15) is 0 Å². The van der Waals surface area contributed by atoms with Crippen molar-refractivity contribution in [2.24, 2.45) is 14.1 Å². The van der Waals surface area contributed by atoms with E-state index in [4.69, 9.17) is 9.47 Å². The van der Waals surface area contributed by atoms with Gasteiger partial charge in [-0.05, 0) is 36.4 Å². The van der Waals surface area contributed by atoms with Crippen molar-refractivity contribution in [2.45, 2.75) is 11.4 Å². The van der Waals surface area contributed by atoms with Crippen molar-refractivity contribution in [3.05, 3.63) is 52.4 Å². The van der Waals surface area contributed by atoms with Crippen molar-refractivity contribution in [1.29, 1.82) is 0 Å². The average Bonchev–Trinajstić information content (AvgIpc) is 2.95. The summed E-state index contributed by atoms with van der Waals surface area (Å²) >= 11 is 0. The molecule has 0 aliphatic heterocycles. The number of amides is 1. The second kappa shape index (κ2) is 8.23. The van der Waals surface area contributed by atoms with Crippen molar-refractivity contribution >= 4 is 26.8 Å². The number of nitrogens with zero attached hydrogens (tertiary/aromatic N) is 2. The molecule has 1 heterocycles. The van der Waals surface area contributed by atoms with Gasteiger partial charge in [0.05, 0.1) is 30.1 Å². The lowest BCUT2D eigenvalue weighted by Crippen LogP contribution is -2.30. The molecule has 1 amide bonds. The van der Waals surface area contributed by atoms with E-state index < -0.39 is 21.5 Å². The van der Waals surface area contributed by atoms with Crippen LogP contribution < -0.4 is 20.5 Å². The molecule has 160 valence electrons. The molecule has 1 N–H and O–H groups in total. The van der Waals surface area contributed by atoms with Crippen molar-refractivity contribution < 1.29 is 22.7 Å². The minimum atomic E-state index is -3.90. The molecule has 0 aliphatic carbocycles. The van der Waals surface area contributed by atoms with Crippen molar-refractivity contribution in [3.63, 3.8) is 0 Å². The largest absolute Gasteiger partial charge is 0.497 e. The number of benzene rings is 2. The predicted octanol–water partition coefficient (Wildman–Crippen LogP) is 0.984. The molecule has 0 bridgehead atoms. The minimum Gasteiger partial charge on any atom is -0.497 e. The lowest BCUT2D eigenvalue weighted by molar-refractivity contribution is -0.118. The van der Waals surface area contributed by atoms with E-state index in [-0.39, 0.29) is 17.1 Å². The molecule has 0 aliphatic rings. The summed E-state index contributed by atoms with van der Waals surface area (Å²) in [6.45, 7) is 0.0843. The van der Waals surface area contributed by atoms with E-state index >= 15 is 0 Å². The van der Waals surface area contributed by atoms with Gasteiger partial charge in [0.2, 0.25) is 5.91 Å². The molecule has 0 unspecified atom stereocenters. The van der Waals surface area contributed by atoms with Gasteiger partial charge < -0.3 is 14.8 Å². The maximum atomic E-state index is 12.7. The molecule has 2 aromatic carbocycles. The van der Waals surface area contributed by atoms with Crippen molar-refractivity contribution in [3.8, 4) is 11.5 Å². The van der Waals surface area contributed by atoms with E-state index in [0.717, 1.165) is 0 Å². The number of ether oxygens (including phenoxy) is 2. The van der Waals surface area contributed by atoms with Crippen LogP contribution in [0.5, 0.6) is 11.5 Å². The molecular formula is C20H23N3O6S. The molecule has 0 atom stereocenters. The third kappa shape index (κ3) is 4.04. The van der Waals surface area contributed by atoms with E-state index in [1.54, 1.807) is 38.4 Å². The molecule has 10 heteroatoms. The average molecular weight is 433 g/mol. The topological polar surface area (TPSA) is 109 Å². The summed E-state index contributed by atoms with van der Waals surface area (Å²) in [6.07, 6.45) is 0. The van der Waals surface area contributed by atoms with Crippen LogP contribution in [0.2, 0.25) is 0 Å². The number of sulfone groups is 1. The normalized spacial score (nSPS) is 11.5. The zero-order valence-electron chi connectivity index (χ0n) is 17.1. The fraction of sp³-hybridized carbons (Fsp3) is 0.300. The van der Waals surface area contributed by atoms with Gasteiger partial charge in [0.25, 0.3) is 0 Å². The van der Waals surface area contributed by atoms with Crippen LogP contribution in [0.1, 0.15) is 5.56 Å². The molecule has 0 spiro atoms. The highest BCUT2D eigenvalue weighted by Gasteiger charge is 2.21. The summed E-state index contributed by atoms with van der Waals surface area (Å²) < 4.78 is 38.7. The second-order valence-electron chi connectivity index (χ2n) is 6.76. The summed E-state index contributed by atoms with van der Waals surface area (Å²) in [6, 6.07) is 9.50. The fourth-order valence-electron chi connectivity index (χ4n) is 3.20. The number of carbonyl (C=O) groups excluding carboxylic acids is 1. The van der Waals surface area contributed by atoms with E-state index in [9.17, 15) is 18.0 Å². The molecule has 1 aromatic heterocycles. The Balaban J connectivity index is 1.77. The number of methoxy groups -OCH3 is 2. The Bertz CT molecular complexity index is 1270. The van der Waals surface area contributed by atoms with E-state index in [2.05, 4.69) is 5.32 Å². The zero-order chi connectivity index (χ0) is 22.1. The number of aryl methyl sites for hydroxylation is 2. The van der Waals surface area contributed by atoms with Gasteiger partial charge in [0.15, 0.2) is 9.84 Å². The highest BCUT2D eigenvalue weighted by atomic mass is 32.2. The Morgan fingerprint density at radius 2 is 1.70 bits per heavy atom. The maximum Gasteiger partial charge on any atom is 0.328 e. The summed E-state index contributed by atoms with van der Waals surface area (Å²) in [5.74, 6) is -0.225. The zero-order valence-corrected chi connectivity index (χ0v) is 17.9. The van der Waals surface area contributed by atoms with E-state index in [1.165, 1.54) is 35.5 Å². The van der Waals surface area contributed by atoms with Gasteiger partial charge in [0, 0.05) is 26.2 Å². The molecule has 0 fully saturated rings. The van der Waals surface area contributed by atoms with Crippen LogP contribution in [0.3, 0.4) is 0 Å². The first-order chi connectivity index (χ1) is 14.2. The Hall–Kier alpha value is -3.27. The smallest absolute Gasteiger partial charge is 0.328 e. The monoisotopic (exact) mass is 433 g/mol. The quantitative estimate of drug-likeness (QED) is 0.595. The SMILES string of the molecule is COc1ccc(OC)c(CNC(=O)CS(=O)(=O)c2ccc3c(c2)n(C)c(=O)n3C)c1. The molecule has 9 nitrogen and oxygen atoms in total. The Kier molecular flexibility index (Phi) is 5.88. The molecule has 0 saturated heterocycles. The Morgan fingerprint density at radius 1 is 1.00 bits per heavy atom. The molecule has 3 aromatic rings. The van der Waals surface area contributed by atoms with Crippen molar-refractivity contribution in [1.82, 2.24) is 14.5 Å². The summed E-state index contributed by atoms with van der Waals surface area (Å²) in [7, 11) is 2.31. The van der Waals surface area contributed by atoms with Crippen LogP contribution in [-0.2, 0) is 35.3 Å². The number of carbonyl (C=O) groups is 1. The Morgan fingerprint density at radius 3 is 2.37 bits per heavy atom. The summed E-state index contributed by atoms with van der Waals surface area (Å²) in [4.78, 5) is 24.3. The standard InChI is InChI=1S/C20H23N3O6S/c1-22-16-7-6-15(10-17(16)23(2)20(22)25)30(26,27)12-19(24)21-11-13-9-14(28-3)5-8-18(13)29-4/h5-10H,11-12H2,1-4H3,(H,21,24). The van der Waals surface area contributed by atoms with E-state index in [0.29, 0.717) is 28.1 Å². The number of nitrogens with one attached hydrogen (secondary N) is 1. The predicted molar refractivity (Wildman–Crippen MR) is 112 cm³/mol. The Labute approximate surface area is 173 Å². The first-order valence-corrected chi connectivity index (χ1v) is 10.7. The third-order valence-corrected chi connectivity index (χ3v) is 6.50. The first kappa shape index (κ1) is 21.4. The number of rotatable bonds is 7. The summed E-state index contributed by atoms with van der Waals surface area (Å²) in [5, 5.41) is 2.60. The molecule has 3 rings (SSSR count). The fourth-order valence-corrected chi connectivity index (χ4v) is 4.38. The van der Waals surface area contributed by atoms with Gasteiger partial charge in [-0.25, -0.2) is 13.2 Å². The van der Waals surface area contributed by atoms with Crippen LogP contribution in [0.15, 0.2) is 46.1 Å². The van der Waals surface area contributed by atoms with Crippen molar-refractivity contribution in [2.75, 3.05) is 20.0 Å². The first-order valence-electron chi connectivity index (χ1n) is 9.03. The molecule has 30 heavy (non-hydrogen) atoms. The lowest BCUT2D eigenvalue weighted by atomic mass is 10.2. The van der Waals surface area contributed by atoms with Crippen LogP contribution in [0.25, 0.3) is 11.0 Å². The number of fused-ring (bicyclic) bond motifs is 1. The second-order valence-corrected chi connectivity index (χ2v) is 8.75. The van der Waals surface area contributed by atoms with Gasteiger partial charge in [-0.1, -0.05) is 0 Å². The van der Waals surface area contributed by atoms with E-state index in [1.807, 2.05) is 0 Å². The van der Waals surface area contributed by atoms with Gasteiger partial charge in [0.1, 0.15) is 17.3 Å². The highest BCUT2D eigenvalue weighted by molar-refractivity contribution is 7.92. The van der Waals surface area contributed by atoms with Crippen LogP contribution in [-0.4, -0.2) is 43.4 Å². The van der Waals surface area contributed by atoms with Gasteiger partial charge in [-0.15, -0.1) is 0 Å². The lowest BCUT2D eigenvalue weighted by Gasteiger charge is -2.12. The van der Waals surface area contributed by atoms with Crippen LogP contribution >= 0.6 is 0 Å². The molecular weight excluding hydrogens is 410 g/mol. The third-order valence-electron chi connectivity index (χ3n) is 4.89. The maximum absolute atomic E-state index is 12.7. The van der Waals surface area contributed by atoms with Crippen LogP contribution in [0, 0.1) is 0 Å². The number of aromatic nitrogens is 2. The van der Waals surface area contributed by atoms with Gasteiger partial charge in [-0.3, -0.25) is 13.9 Å². The molecule has 0 radical (unpaired) electrons.